The van der Waals surface area contributed by atoms with Crippen LogP contribution in [0.1, 0.15) is 0 Å². The van der Waals surface area contributed by atoms with Crippen molar-refractivity contribution < 1.29 is 268 Å². The summed E-state index contributed by atoms with van der Waals surface area (Å²) >= 11 is 0. The predicted octanol–water partition coefficient (Wildman–Crippen LogP) is 14.3. The number of alkyl halides is 47. The van der Waals surface area contributed by atoms with Gasteiger partial charge in [0, 0.05) is 0 Å². The molecule has 0 aliphatic heterocycles. The van der Waals surface area contributed by atoms with Crippen molar-refractivity contribution in [2.45, 2.75) is 141 Å². The lowest BCUT2D eigenvalue weighted by atomic mass is 10.4. The Morgan fingerprint density at radius 1 is 0.155 bits per heavy atom. The smallest absolute Gasteiger partial charge is 0.251 e. The Hall–Kier alpha value is -4.13. The zero-order valence-electron chi connectivity index (χ0n) is 35.0. The van der Waals surface area contributed by atoms with Crippen LogP contribution in [0.15, 0.2) is 0 Å². The van der Waals surface area contributed by atoms with Crippen LogP contribution in [0, 0.1) is 0 Å². The first kappa shape index (κ1) is 79.9. The van der Waals surface area contributed by atoms with Crippen LogP contribution in [0.4, 0.5) is 211 Å². The van der Waals surface area contributed by atoms with Gasteiger partial charge in [-0.15, -0.1) is 0 Å². The fourth-order valence-electron chi connectivity index (χ4n) is 3.06. The Morgan fingerprint density at radius 3 is 0.321 bits per heavy atom. The molecule has 0 bridgehead atoms. The molecule has 84 heavy (non-hydrogen) atoms. The van der Waals surface area contributed by atoms with Gasteiger partial charge in [0.25, 0.3) is 0 Å². The van der Waals surface area contributed by atoms with E-state index >= 15 is 0 Å². The van der Waals surface area contributed by atoms with Crippen molar-refractivity contribution in [2.24, 2.45) is 0 Å². The SMILES string of the molecule is O=C(F)C(F)(F)OC(F)(F)C(F)(F)OC(F)(F)C(F)(F)OC(F)(F)C(F)(F)OC(F)(F)C(F)(F)OC(F)(F)C(F)(F)OC(F)(F)C(F)(F)OC(F)(F)C(F)(F)OC(F)(F)C(F)(F)OC(F)(F)C(F)(F)OC(F)(F)C(F)(F)OC(F)(F)C(F)(F)F. The maximum Gasteiger partial charge on any atom is 0.483 e. The molecule has 0 saturated heterocycles. The molecule has 0 fully saturated rings. The molecule has 0 saturated carbocycles. The second-order valence-corrected chi connectivity index (χ2v) is 13.3. The van der Waals surface area contributed by atoms with Gasteiger partial charge in [0.1, 0.15) is 0 Å². The average Bonchev–Trinajstić information content (AvgIpc) is 3.12. The number of rotatable bonds is 33. The lowest BCUT2D eigenvalue weighted by molar-refractivity contribution is -0.605. The monoisotopic (exact) mass is 1390 g/mol. The normalized spacial score (nSPS) is 16.7. The third-order valence-electron chi connectivity index (χ3n) is 6.77. The van der Waals surface area contributed by atoms with Crippen LogP contribution in [0.2, 0.25) is 0 Å². The summed E-state index contributed by atoms with van der Waals surface area (Å²) in [6, 6.07) is -4.62. The number of ether oxygens (including phenoxy) is 11. The highest BCUT2D eigenvalue weighted by Gasteiger charge is 2.84. The molecule has 0 aliphatic carbocycles. The molecule has 0 aromatic heterocycles. The zero-order valence-corrected chi connectivity index (χ0v) is 35.0. The van der Waals surface area contributed by atoms with Gasteiger partial charge < -0.3 is 0 Å². The van der Waals surface area contributed by atoms with Gasteiger partial charge in [-0.05, 0) is 0 Å². The number of carbonyl (C=O) groups is 1. The first-order valence-corrected chi connectivity index (χ1v) is 16.8. The molecule has 0 spiro atoms. The predicted molar refractivity (Wildman–Crippen MR) is 133 cm³/mol. The number of hydrogen-bond donors (Lipinski definition) is 0. The van der Waals surface area contributed by atoms with Gasteiger partial charge in [-0.2, -0.15) is 211 Å². The van der Waals surface area contributed by atoms with Crippen LogP contribution in [-0.4, -0.2) is 147 Å². The molecule has 0 amide bonds. The van der Waals surface area contributed by atoms with E-state index in [9.17, 15) is 216 Å². The van der Waals surface area contributed by atoms with Crippen LogP contribution < -0.4 is 0 Å². The molecule has 0 aliphatic rings. The summed E-state index contributed by atoms with van der Waals surface area (Å²) in [7, 11) is 0. The first-order valence-electron chi connectivity index (χ1n) is 16.8. The maximum absolute atomic E-state index is 13.7. The van der Waals surface area contributed by atoms with Gasteiger partial charge in [-0.25, -0.2) is 52.1 Å². The quantitative estimate of drug-likeness (QED) is 0.0460. The van der Waals surface area contributed by atoms with Gasteiger partial charge >= 0.3 is 147 Å². The van der Waals surface area contributed by atoms with Crippen LogP contribution in [0.25, 0.3) is 0 Å². The maximum atomic E-state index is 13.7. The minimum Gasteiger partial charge on any atom is -0.251 e. The summed E-state index contributed by atoms with van der Waals surface area (Å²) in [4.78, 5) is 9.73. The van der Waals surface area contributed by atoms with Crippen molar-refractivity contribution in [3.8, 4) is 0 Å². The second-order valence-electron chi connectivity index (χ2n) is 13.3. The minimum atomic E-state index is -8.89. The van der Waals surface area contributed by atoms with Crippen LogP contribution in [-0.2, 0) is 56.9 Å². The van der Waals surface area contributed by atoms with E-state index in [-0.39, 0.29) is 0 Å². The molecule has 0 heterocycles. The van der Waals surface area contributed by atoms with E-state index in [1.54, 1.807) is 0 Å². The third kappa shape index (κ3) is 16.5. The largest absolute Gasteiger partial charge is 0.483 e. The van der Waals surface area contributed by atoms with Crippen molar-refractivity contribution in [3.05, 3.63) is 0 Å². The van der Waals surface area contributed by atoms with E-state index in [1.165, 1.54) is 4.74 Å². The fraction of sp³-hybridized carbons (Fsp3) is 0.958. The summed E-state index contributed by atoms with van der Waals surface area (Å²) in [5.74, 6) is 0. The highest BCUT2D eigenvalue weighted by atomic mass is 19.4. The molecule has 60 heteroatoms. The van der Waals surface area contributed by atoms with Crippen molar-refractivity contribution in [1.82, 2.24) is 0 Å². The molecule has 0 aromatic rings. The molecular formula is C24F48O12. The van der Waals surface area contributed by atoms with Crippen LogP contribution in [0.5, 0.6) is 0 Å². The molecule has 0 N–H and O–H groups in total. The van der Waals surface area contributed by atoms with Gasteiger partial charge in [0.05, 0.1) is 0 Å². The van der Waals surface area contributed by atoms with Gasteiger partial charge in [-0.3, -0.25) is 4.79 Å². The Kier molecular flexibility index (Phi) is 20.8. The van der Waals surface area contributed by atoms with E-state index in [1.807, 2.05) is 0 Å². The topological polar surface area (TPSA) is 119 Å². The number of carbonyl (C=O) groups excluding carboxylic acids is 1. The Labute approximate surface area is 415 Å². The average molecular weight is 1390 g/mol. The molecule has 0 rings (SSSR count). The molecule has 0 atom stereocenters. The lowest BCUT2D eigenvalue weighted by Crippen LogP contribution is -2.63. The third-order valence-corrected chi connectivity index (χ3v) is 6.77. The minimum absolute atomic E-state index is 0.804. The first-order chi connectivity index (χ1) is 35.5. The molecule has 504 valence electrons. The Bertz CT molecular complexity index is 2270. The number of halogens is 48. The Morgan fingerprint density at radius 2 is 0.238 bits per heavy atom. The second kappa shape index (κ2) is 21.9. The molecule has 0 radical (unpaired) electrons. The summed E-state index contributed by atoms with van der Waals surface area (Å²) in [6.07, 6.45) is -195. The summed E-state index contributed by atoms with van der Waals surface area (Å²) in [5.41, 5.74) is 0. The van der Waals surface area contributed by atoms with E-state index in [0.717, 1.165) is 47.4 Å². The zero-order chi connectivity index (χ0) is 68.9. The van der Waals surface area contributed by atoms with Crippen LogP contribution >= 0.6 is 0 Å². The molecular weight excluding hydrogens is 1390 g/mol. The van der Waals surface area contributed by atoms with Crippen molar-refractivity contribution in [2.75, 3.05) is 0 Å². The fourth-order valence-corrected chi connectivity index (χ4v) is 3.06. The highest BCUT2D eigenvalue weighted by molar-refractivity contribution is 5.74. The van der Waals surface area contributed by atoms with E-state index < -0.39 is 147 Å². The summed E-state index contributed by atoms with van der Waals surface area (Å²) in [6.45, 7) is 0. The van der Waals surface area contributed by atoms with Crippen molar-refractivity contribution >= 4 is 6.04 Å². The summed E-state index contributed by atoms with van der Waals surface area (Å²) < 4.78 is 650. The van der Waals surface area contributed by atoms with Gasteiger partial charge in [0.2, 0.25) is 0 Å². The highest BCUT2D eigenvalue weighted by Crippen LogP contribution is 2.58. The van der Waals surface area contributed by atoms with Crippen LogP contribution in [0.3, 0.4) is 0 Å². The van der Waals surface area contributed by atoms with E-state index in [0.29, 0.717) is 0 Å². The van der Waals surface area contributed by atoms with Crippen molar-refractivity contribution in [3.63, 3.8) is 0 Å². The molecule has 0 unspecified atom stereocenters. The van der Waals surface area contributed by atoms with Gasteiger partial charge in [-0.1, -0.05) is 0 Å². The summed E-state index contributed by atoms with van der Waals surface area (Å²) in [5, 5.41) is 0. The Balaban J connectivity index is 6.69. The molecule has 12 nitrogen and oxygen atoms in total. The lowest BCUT2D eigenvalue weighted by Gasteiger charge is -2.38. The van der Waals surface area contributed by atoms with E-state index in [4.69, 9.17) is 0 Å². The number of hydrogen-bond acceptors (Lipinski definition) is 12. The standard InChI is InChI=1S/C24F48O12/c25-1(73)2(26,27)74-5(33,34)6(35,36)76-9(41,42)10(43,44)78-13(49,50)14(51,52)80-17(57,58)18(59,60)82-21(65,66)22(67,68)84-24(71,72)23(69,70)83-20(63,64)19(61,62)81-16(55,56)15(53,54)79-12(47,48)11(45,46)77-8(39,40)7(37,38)75-4(31,32)3(28,29)30. The van der Waals surface area contributed by atoms with Crippen molar-refractivity contribution in [1.29, 1.82) is 0 Å². The van der Waals surface area contributed by atoms with E-state index in [2.05, 4.69) is 0 Å². The van der Waals surface area contributed by atoms with Gasteiger partial charge in [0.15, 0.2) is 0 Å². The molecule has 0 aromatic carbocycles.